The molecule has 1 atom stereocenters. The van der Waals surface area contributed by atoms with E-state index in [1.54, 1.807) is 11.3 Å². The number of carbonyl (C=O) groups excluding carboxylic acids is 1. The van der Waals surface area contributed by atoms with Crippen LogP contribution < -0.4 is 0 Å². The molecule has 0 bridgehead atoms. The van der Waals surface area contributed by atoms with Gasteiger partial charge >= 0.3 is 0 Å². The lowest BCUT2D eigenvalue weighted by Crippen LogP contribution is -2.41. The minimum atomic E-state index is 0.124. The van der Waals surface area contributed by atoms with Crippen molar-refractivity contribution in [3.05, 3.63) is 39.7 Å². The standard InChI is InChI=1S/C19H22N4O3S/c1-12-16(13(2)25-21-12)9-18(24)23-6-3-4-14(10-23)8-17-20-19(22-26-17)15-5-7-27-11-15/h5,7,11,14H,3-4,6,8-10H2,1-2H3. The molecular weight excluding hydrogens is 364 g/mol. The maximum atomic E-state index is 12.7. The molecule has 4 heterocycles. The zero-order chi connectivity index (χ0) is 18.8. The summed E-state index contributed by atoms with van der Waals surface area (Å²) < 4.78 is 10.6. The first kappa shape index (κ1) is 17.9. The zero-order valence-electron chi connectivity index (χ0n) is 15.5. The van der Waals surface area contributed by atoms with E-state index in [1.807, 2.05) is 35.6 Å². The van der Waals surface area contributed by atoms with Gasteiger partial charge in [-0.25, -0.2) is 0 Å². The molecule has 142 valence electrons. The Balaban J connectivity index is 1.37. The summed E-state index contributed by atoms with van der Waals surface area (Å²) in [5, 5.41) is 12.0. The van der Waals surface area contributed by atoms with E-state index in [0.29, 0.717) is 30.5 Å². The van der Waals surface area contributed by atoms with Gasteiger partial charge in [-0.2, -0.15) is 16.3 Å². The molecule has 0 spiro atoms. The molecule has 0 radical (unpaired) electrons. The predicted molar refractivity (Wildman–Crippen MR) is 100 cm³/mol. The van der Waals surface area contributed by atoms with Gasteiger partial charge < -0.3 is 13.9 Å². The van der Waals surface area contributed by atoms with Crippen LogP contribution in [-0.2, 0) is 17.6 Å². The molecule has 8 heteroatoms. The van der Waals surface area contributed by atoms with Gasteiger partial charge in [0.15, 0.2) is 0 Å². The third-order valence-electron chi connectivity index (χ3n) is 5.09. The van der Waals surface area contributed by atoms with Crippen molar-refractivity contribution in [3.8, 4) is 11.4 Å². The number of aromatic nitrogens is 3. The summed E-state index contributed by atoms with van der Waals surface area (Å²) in [7, 11) is 0. The Kier molecular flexibility index (Phi) is 5.07. The largest absolute Gasteiger partial charge is 0.361 e. The smallest absolute Gasteiger partial charge is 0.227 e. The van der Waals surface area contributed by atoms with E-state index in [1.165, 1.54) is 0 Å². The Morgan fingerprint density at radius 2 is 2.22 bits per heavy atom. The van der Waals surface area contributed by atoms with Crippen molar-refractivity contribution in [2.24, 2.45) is 5.92 Å². The van der Waals surface area contributed by atoms with Gasteiger partial charge in [-0.1, -0.05) is 10.3 Å². The fraction of sp³-hybridized carbons (Fsp3) is 0.474. The second kappa shape index (κ2) is 7.64. The Morgan fingerprint density at radius 1 is 1.33 bits per heavy atom. The Labute approximate surface area is 161 Å². The van der Waals surface area contributed by atoms with Crippen LogP contribution in [0.1, 0.15) is 35.7 Å². The highest BCUT2D eigenvalue weighted by Crippen LogP contribution is 2.24. The molecule has 0 aliphatic carbocycles. The van der Waals surface area contributed by atoms with Crippen molar-refractivity contribution in [2.75, 3.05) is 13.1 Å². The molecule has 1 unspecified atom stereocenters. The molecule has 3 aromatic heterocycles. The minimum absolute atomic E-state index is 0.124. The summed E-state index contributed by atoms with van der Waals surface area (Å²) in [6.45, 7) is 5.24. The van der Waals surface area contributed by atoms with Gasteiger partial charge in [0.05, 0.1) is 12.1 Å². The molecule has 1 fully saturated rings. The van der Waals surface area contributed by atoms with Crippen LogP contribution in [0.2, 0.25) is 0 Å². The number of hydrogen-bond acceptors (Lipinski definition) is 7. The van der Waals surface area contributed by atoms with Gasteiger partial charge in [0.1, 0.15) is 5.76 Å². The number of rotatable bonds is 5. The van der Waals surface area contributed by atoms with Gasteiger partial charge in [-0.05, 0) is 44.1 Å². The lowest BCUT2D eigenvalue weighted by molar-refractivity contribution is -0.132. The van der Waals surface area contributed by atoms with E-state index in [4.69, 9.17) is 9.05 Å². The summed E-state index contributed by atoms with van der Waals surface area (Å²) in [4.78, 5) is 19.2. The Morgan fingerprint density at radius 3 is 2.96 bits per heavy atom. The SMILES string of the molecule is Cc1noc(C)c1CC(=O)N1CCCC(Cc2nc(-c3ccsc3)no2)C1. The minimum Gasteiger partial charge on any atom is -0.361 e. The molecule has 0 aromatic carbocycles. The second-order valence-electron chi connectivity index (χ2n) is 7.06. The highest BCUT2D eigenvalue weighted by atomic mass is 32.1. The summed E-state index contributed by atoms with van der Waals surface area (Å²) in [6.07, 6.45) is 3.10. The fourth-order valence-electron chi connectivity index (χ4n) is 3.57. The van der Waals surface area contributed by atoms with Crippen molar-refractivity contribution < 1.29 is 13.8 Å². The first-order chi connectivity index (χ1) is 13.1. The van der Waals surface area contributed by atoms with Gasteiger partial charge in [0, 0.05) is 36.0 Å². The lowest BCUT2D eigenvalue weighted by Gasteiger charge is -2.32. The van der Waals surface area contributed by atoms with Crippen LogP contribution in [0.3, 0.4) is 0 Å². The summed E-state index contributed by atoms with van der Waals surface area (Å²) in [5.74, 6) is 2.46. The summed E-state index contributed by atoms with van der Waals surface area (Å²) in [5.41, 5.74) is 2.68. The third-order valence-corrected chi connectivity index (χ3v) is 5.77. The van der Waals surface area contributed by atoms with E-state index in [2.05, 4.69) is 15.3 Å². The number of piperidine rings is 1. The predicted octanol–water partition coefficient (Wildman–Crippen LogP) is 3.43. The lowest BCUT2D eigenvalue weighted by atomic mass is 9.94. The van der Waals surface area contributed by atoms with Gasteiger partial charge in [-0.3, -0.25) is 4.79 Å². The average Bonchev–Trinajstić information content (AvgIpc) is 3.40. The van der Waals surface area contributed by atoms with Crippen molar-refractivity contribution in [1.29, 1.82) is 0 Å². The van der Waals surface area contributed by atoms with Crippen molar-refractivity contribution in [2.45, 2.75) is 39.5 Å². The molecule has 3 aromatic rings. The first-order valence-electron chi connectivity index (χ1n) is 9.15. The van der Waals surface area contributed by atoms with Crippen LogP contribution in [-0.4, -0.2) is 39.2 Å². The molecule has 1 amide bonds. The topological polar surface area (TPSA) is 85.3 Å². The van der Waals surface area contributed by atoms with Gasteiger partial charge in [-0.15, -0.1) is 0 Å². The van der Waals surface area contributed by atoms with E-state index in [-0.39, 0.29) is 5.91 Å². The fourth-order valence-corrected chi connectivity index (χ4v) is 4.20. The van der Waals surface area contributed by atoms with Crippen LogP contribution in [0.15, 0.2) is 25.9 Å². The highest BCUT2D eigenvalue weighted by Gasteiger charge is 2.26. The second-order valence-corrected chi connectivity index (χ2v) is 7.84. The molecule has 0 saturated carbocycles. The van der Waals surface area contributed by atoms with Crippen LogP contribution in [0.4, 0.5) is 0 Å². The quantitative estimate of drug-likeness (QED) is 0.668. The Hall–Kier alpha value is -2.48. The molecule has 1 aliphatic heterocycles. The number of amides is 1. The van der Waals surface area contributed by atoms with Crippen molar-refractivity contribution in [1.82, 2.24) is 20.2 Å². The first-order valence-corrected chi connectivity index (χ1v) is 10.1. The van der Waals surface area contributed by atoms with Crippen LogP contribution >= 0.6 is 11.3 Å². The average molecular weight is 386 g/mol. The molecule has 0 N–H and O–H groups in total. The van der Waals surface area contributed by atoms with Gasteiger partial charge in [0.25, 0.3) is 0 Å². The van der Waals surface area contributed by atoms with Crippen LogP contribution in [0.25, 0.3) is 11.4 Å². The van der Waals surface area contributed by atoms with E-state index >= 15 is 0 Å². The van der Waals surface area contributed by atoms with Crippen molar-refractivity contribution in [3.63, 3.8) is 0 Å². The monoisotopic (exact) mass is 386 g/mol. The number of hydrogen-bond donors (Lipinski definition) is 0. The number of thiophene rings is 1. The molecule has 1 aliphatic rings. The van der Waals surface area contributed by atoms with Crippen LogP contribution in [0, 0.1) is 19.8 Å². The number of nitrogens with zero attached hydrogens (tertiary/aromatic N) is 4. The number of carbonyl (C=O) groups is 1. The summed E-state index contributed by atoms with van der Waals surface area (Å²) in [6, 6.07) is 1.98. The normalized spacial score (nSPS) is 17.4. The van der Waals surface area contributed by atoms with E-state index < -0.39 is 0 Å². The molecule has 1 saturated heterocycles. The van der Waals surface area contributed by atoms with Crippen molar-refractivity contribution >= 4 is 17.2 Å². The van der Waals surface area contributed by atoms with E-state index in [9.17, 15) is 4.79 Å². The zero-order valence-corrected chi connectivity index (χ0v) is 16.3. The Bertz CT molecular complexity index is 896. The molecule has 7 nitrogen and oxygen atoms in total. The van der Waals surface area contributed by atoms with E-state index in [0.717, 1.165) is 48.5 Å². The third kappa shape index (κ3) is 3.95. The number of aryl methyl sites for hydroxylation is 2. The molecule has 27 heavy (non-hydrogen) atoms. The van der Waals surface area contributed by atoms with Gasteiger partial charge in [0.2, 0.25) is 17.6 Å². The summed E-state index contributed by atoms with van der Waals surface area (Å²) >= 11 is 1.61. The maximum Gasteiger partial charge on any atom is 0.227 e. The van der Waals surface area contributed by atoms with Crippen LogP contribution in [0.5, 0.6) is 0 Å². The maximum absolute atomic E-state index is 12.7. The molecule has 4 rings (SSSR count). The number of likely N-dealkylation sites (tertiary alicyclic amines) is 1. The highest BCUT2D eigenvalue weighted by molar-refractivity contribution is 7.08. The molecular formula is C19H22N4O3S.